The summed E-state index contributed by atoms with van der Waals surface area (Å²) in [7, 11) is 0. The Morgan fingerprint density at radius 3 is 0.500 bits per heavy atom. The molecule has 0 atom stereocenters. The van der Waals surface area contributed by atoms with Crippen molar-refractivity contribution in [2.75, 3.05) is 0 Å². The van der Waals surface area contributed by atoms with Crippen molar-refractivity contribution in [3.63, 3.8) is 0 Å². The van der Waals surface area contributed by atoms with Gasteiger partial charge in [0.15, 0.2) is 0 Å². The van der Waals surface area contributed by atoms with Gasteiger partial charge in [0.25, 0.3) is 0 Å². The monoisotopic (exact) mass is 828 g/mol. The van der Waals surface area contributed by atoms with E-state index in [4.69, 9.17) is 28.4 Å². The number of rotatable bonds is 0. The zero-order valence-electron chi connectivity index (χ0n) is 29.6. The number of halogens is 6. The van der Waals surface area contributed by atoms with Crippen LogP contribution in [0.2, 0.25) is 0 Å². The third-order valence-corrected chi connectivity index (χ3v) is 8.29. The Kier molecular flexibility index (Phi) is 10.8. The van der Waals surface area contributed by atoms with Gasteiger partial charge in [-0.1, -0.05) is 36.4 Å². The van der Waals surface area contributed by atoms with Crippen molar-refractivity contribution in [2.24, 2.45) is 0 Å². The maximum Gasteiger partial charge on any atom is 0.350 e. The summed E-state index contributed by atoms with van der Waals surface area (Å²) < 4.78 is 123. The second-order valence-corrected chi connectivity index (χ2v) is 12.0. The first-order valence-corrected chi connectivity index (χ1v) is 16.8. The summed E-state index contributed by atoms with van der Waals surface area (Å²) in [4.78, 5) is 80.9. The van der Waals surface area contributed by atoms with Crippen LogP contribution in [0, 0.1) is 34.9 Å². The summed E-state index contributed by atoms with van der Waals surface area (Å²) in [6.45, 7) is 0. The van der Waals surface area contributed by atoms with Gasteiger partial charge in [-0.3, -0.25) is 0 Å². The lowest BCUT2D eigenvalue weighted by Gasteiger charge is -2.16. The standard InChI is InChI=1S/C42H18F6O12/c43-19-7-1-13-25-31(19)37(49)56-27-15-3-9-21(45)33(27)39(51)58-29-17-5-11-23(47)35(29)41(53)60-30-18-6-12-24(48)36(30)42(54)59-28-16-4-10-22(46)34(28)40(52)57-26-14-2-8-20(44)32(26)38(50)55-25/h1-18H. The predicted octanol–water partition coefficient (Wildman–Crippen LogP) is 8.15. The van der Waals surface area contributed by atoms with Gasteiger partial charge >= 0.3 is 35.8 Å². The maximum absolute atomic E-state index is 15.3. The van der Waals surface area contributed by atoms with E-state index in [-0.39, 0.29) is 0 Å². The summed E-state index contributed by atoms with van der Waals surface area (Å²) in [6, 6.07) is 15.0. The van der Waals surface area contributed by atoms with E-state index in [1.54, 1.807) is 0 Å². The molecule has 1 heterocycles. The van der Waals surface area contributed by atoms with Crippen LogP contribution in [0.1, 0.15) is 62.1 Å². The minimum Gasteiger partial charge on any atom is -0.422 e. The molecule has 1 aliphatic heterocycles. The van der Waals surface area contributed by atoms with Gasteiger partial charge in [-0.05, 0) is 72.8 Å². The molecule has 0 amide bonds. The Morgan fingerprint density at radius 2 is 0.367 bits per heavy atom. The van der Waals surface area contributed by atoms with Crippen molar-refractivity contribution in [1.82, 2.24) is 0 Å². The van der Waals surface area contributed by atoms with Crippen LogP contribution < -0.4 is 28.4 Å². The largest absolute Gasteiger partial charge is 0.422 e. The zero-order chi connectivity index (χ0) is 42.8. The third-order valence-electron chi connectivity index (χ3n) is 8.29. The summed E-state index contributed by atoms with van der Waals surface area (Å²) in [6.07, 6.45) is 0. The molecule has 6 aromatic rings. The van der Waals surface area contributed by atoms with Gasteiger partial charge in [-0.25, -0.2) is 55.1 Å². The SMILES string of the molecule is O=C1Oc2cccc(F)c2C(=O)Oc2cccc(F)c2C(=O)Oc2cccc(F)c2C(=O)Oc2cccc(F)c2C(=O)Oc2cccc(F)c2C(=O)Oc2cccc(F)c21. The highest BCUT2D eigenvalue weighted by atomic mass is 19.1. The molecule has 0 fully saturated rings. The van der Waals surface area contributed by atoms with Crippen molar-refractivity contribution < 1.29 is 83.5 Å². The van der Waals surface area contributed by atoms with Gasteiger partial charge < -0.3 is 28.4 Å². The summed E-state index contributed by atoms with van der Waals surface area (Å²) in [5.41, 5.74) is -6.98. The fourth-order valence-electron chi connectivity index (χ4n) is 5.63. The molecular formula is C42H18F6O12. The fourth-order valence-corrected chi connectivity index (χ4v) is 5.63. The molecule has 12 nitrogen and oxygen atoms in total. The van der Waals surface area contributed by atoms with Crippen molar-refractivity contribution >= 4 is 35.8 Å². The lowest BCUT2D eigenvalue weighted by molar-refractivity contribution is 0.0679. The molecule has 0 N–H and O–H groups in total. The molecule has 0 saturated heterocycles. The maximum atomic E-state index is 15.3. The van der Waals surface area contributed by atoms with E-state index in [0.29, 0.717) is 36.4 Å². The van der Waals surface area contributed by atoms with E-state index < -0.39 is 139 Å². The van der Waals surface area contributed by atoms with Crippen LogP contribution in [0.5, 0.6) is 34.5 Å². The fraction of sp³-hybridized carbons (Fsp3) is 0. The molecule has 0 spiro atoms. The number of fused-ring (bicyclic) bond motifs is 6. The molecule has 0 unspecified atom stereocenters. The molecule has 6 aromatic carbocycles. The molecule has 0 saturated carbocycles. The van der Waals surface area contributed by atoms with Crippen LogP contribution in [-0.4, -0.2) is 35.8 Å². The van der Waals surface area contributed by atoms with Crippen LogP contribution in [-0.2, 0) is 0 Å². The van der Waals surface area contributed by atoms with Gasteiger partial charge in [0.2, 0.25) is 0 Å². The predicted molar refractivity (Wildman–Crippen MR) is 188 cm³/mol. The first-order chi connectivity index (χ1) is 28.7. The molecule has 300 valence electrons. The van der Waals surface area contributed by atoms with Crippen molar-refractivity contribution in [2.45, 2.75) is 0 Å². The summed E-state index contributed by atoms with van der Waals surface area (Å²) >= 11 is 0. The van der Waals surface area contributed by atoms with E-state index in [1.807, 2.05) is 0 Å². The van der Waals surface area contributed by atoms with E-state index >= 15 is 26.3 Å². The van der Waals surface area contributed by atoms with Crippen molar-refractivity contribution in [3.05, 3.63) is 177 Å². The van der Waals surface area contributed by atoms with Crippen LogP contribution in [0.25, 0.3) is 0 Å². The first kappa shape index (κ1) is 39.9. The number of carbonyl (C=O) groups excluding carboxylic acids is 6. The smallest absolute Gasteiger partial charge is 0.350 e. The zero-order valence-corrected chi connectivity index (χ0v) is 29.6. The topological polar surface area (TPSA) is 158 Å². The number of ether oxygens (including phenoxy) is 6. The van der Waals surface area contributed by atoms with E-state index in [1.165, 1.54) is 0 Å². The summed E-state index contributed by atoms with van der Waals surface area (Å²) in [5.74, 6) is -24.6. The Morgan fingerprint density at radius 1 is 0.233 bits per heavy atom. The second kappa shape index (κ2) is 16.3. The molecule has 18 heteroatoms. The van der Waals surface area contributed by atoms with Gasteiger partial charge in [0.1, 0.15) is 103 Å². The van der Waals surface area contributed by atoms with Crippen LogP contribution in [0.15, 0.2) is 109 Å². The minimum atomic E-state index is -1.73. The molecule has 1 aliphatic rings. The Bertz CT molecular complexity index is 2330. The quantitative estimate of drug-likeness (QED) is 0.0824. The van der Waals surface area contributed by atoms with Gasteiger partial charge in [0.05, 0.1) is 0 Å². The number of carbonyl (C=O) groups is 6. The lowest BCUT2D eigenvalue weighted by Crippen LogP contribution is -2.22. The van der Waals surface area contributed by atoms with Crippen LogP contribution in [0.3, 0.4) is 0 Å². The number of hydrogen-bond acceptors (Lipinski definition) is 12. The van der Waals surface area contributed by atoms with Crippen molar-refractivity contribution in [1.29, 1.82) is 0 Å². The summed E-state index contributed by atoms with van der Waals surface area (Å²) in [5, 5.41) is 0. The van der Waals surface area contributed by atoms with E-state index in [2.05, 4.69) is 0 Å². The van der Waals surface area contributed by atoms with Gasteiger partial charge in [-0.15, -0.1) is 0 Å². The molecule has 0 aliphatic carbocycles. The molecule has 7 rings (SSSR count). The van der Waals surface area contributed by atoms with Gasteiger partial charge in [-0.2, -0.15) is 0 Å². The highest BCUT2D eigenvalue weighted by Gasteiger charge is 2.33. The van der Waals surface area contributed by atoms with E-state index in [0.717, 1.165) is 72.8 Å². The van der Waals surface area contributed by atoms with E-state index in [9.17, 15) is 28.8 Å². The van der Waals surface area contributed by atoms with Crippen LogP contribution in [0.4, 0.5) is 26.3 Å². The molecule has 0 radical (unpaired) electrons. The Labute approximate surface area is 331 Å². The minimum absolute atomic E-state index is 0.704. The first-order valence-electron chi connectivity index (χ1n) is 16.8. The molecule has 0 aromatic heterocycles. The number of benzene rings is 6. The Balaban J connectivity index is 1.39. The van der Waals surface area contributed by atoms with Crippen LogP contribution >= 0.6 is 0 Å². The number of esters is 6. The Hall–Kier alpha value is -8.28. The normalized spacial score (nSPS) is 13.5. The highest BCUT2D eigenvalue weighted by molar-refractivity contribution is 6.04. The lowest BCUT2D eigenvalue weighted by atomic mass is 10.1. The molecular weight excluding hydrogens is 810 g/mol. The molecule has 60 heavy (non-hydrogen) atoms. The van der Waals surface area contributed by atoms with Gasteiger partial charge in [0, 0.05) is 0 Å². The third kappa shape index (κ3) is 7.71. The average Bonchev–Trinajstić information content (AvgIpc) is 3.17. The average molecular weight is 829 g/mol. The molecule has 0 bridgehead atoms. The second-order valence-electron chi connectivity index (χ2n) is 12.0. The van der Waals surface area contributed by atoms with Crippen molar-refractivity contribution in [3.8, 4) is 34.5 Å². The number of hydrogen-bond donors (Lipinski definition) is 0. The highest BCUT2D eigenvalue weighted by Crippen LogP contribution is 2.34.